The number of piperazine rings is 1. The fraction of sp³-hybridized carbons (Fsp3) is 0.733. The number of amides is 1. The summed E-state index contributed by atoms with van der Waals surface area (Å²) in [6.07, 6.45) is 0.864. The molecule has 0 atom stereocenters. The lowest BCUT2D eigenvalue weighted by Crippen LogP contribution is -2.54. The minimum Gasteiger partial charge on any atom is -0.369 e. The fourth-order valence-electron chi connectivity index (χ4n) is 2.35. The van der Waals surface area contributed by atoms with E-state index in [1.54, 1.807) is 7.05 Å². The van der Waals surface area contributed by atoms with Gasteiger partial charge in [0.15, 0.2) is 5.96 Å². The molecule has 0 aliphatic carbocycles. The standard InChI is InChI=1S/C15H27N7OS.HI/c1-5-11-19-14(24-20-11)22-8-6-21(7-9-22)13(17-4)18-10-15(2,3)12(16)23;/h5-10H2,1-4H3,(H2,16,23)(H,17,18);1H. The van der Waals surface area contributed by atoms with Gasteiger partial charge in [0, 0.05) is 57.7 Å². The molecular formula is C15H28IN7OS. The number of halogens is 1. The van der Waals surface area contributed by atoms with Crippen LogP contribution in [0.1, 0.15) is 26.6 Å². The molecule has 1 aliphatic rings. The molecule has 1 saturated heterocycles. The number of aliphatic imine (C=N–C) groups is 1. The normalized spacial score (nSPS) is 15.8. The van der Waals surface area contributed by atoms with Crippen molar-refractivity contribution in [1.29, 1.82) is 0 Å². The van der Waals surface area contributed by atoms with Crippen LogP contribution in [0.25, 0.3) is 0 Å². The molecular weight excluding hydrogens is 453 g/mol. The van der Waals surface area contributed by atoms with Gasteiger partial charge in [0.25, 0.3) is 0 Å². The van der Waals surface area contributed by atoms with Crippen molar-refractivity contribution in [2.45, 2.75) is 27.2 Å². The van der Waals surface area contributed by atoms with Gasteiger partial charge in [0.05, 0.1) is 5.41 Å². The molecule has 25 heavy (non-hydrogen) atoms. The van der Waals surface area contributed by atoms with Crippen molar-refractivity contribution < 1.29 is 4.79 Å². The summed E-state index contributed by atoms with van der Waals surface area (Å²) in [5, 5.41) is 4.25. The molecule has 10 heteroatoms. The quantitative estimate of drug-likeness (QED) is 0.369. The van der Waals surface area contributed by atoms with Crippen molar-refractivity contribution >= 4 is 52.5 Å². The molecule has 1 aromatic heterocycles. The van der Waals surface area contributed by atoms with E-state index in [0.29, 0.717) is 6.54 Å². The van der Waals surface area contributed by atoms with Crippen LogP contribution in [0.3, 0.4) is 0 Å². The smallest absolute Gasteiger partial charge is 0.224 e. The van der Waals surface area contributed by atoms with Crippen LogP contribution < -0.4 is 16.0 Å². The number of primary amides is 1. The van der Waals surface area contributed by atoms with E-state index >= 15 is 0 Å². The summed E-state index contributed by atoms with van der Waals surface area (Å²) in [7, 11) is 1.75. The van der Waals surface area contributed by atoms with Gasteiger partial charge in [-0.1, -0.05) is 6.92 Å². The minimum atomic E-state index is -0.610. The molecule has 3 N–H and O–H groups in total. The second-order valence-electron chi connectivity index (χ2n) is 6.47. The van der Waals surface area contributed by atoms with E-state index in [-0.39, 0.29) is 29.9 Å². The van der Waals surface area contributed by atoms with Crippen molar-refractivity contribution in [3.8, 4) is 0 Å². The van der Waals surface area contributed by atoms with Crippen LogP contribution in [0.4, 0.5) is 5.13 Å². The van der Waals surface area contributed by atoms with Gasteiger partial charge in [-0.15, -0.1) is 24.0 Å². The zero-order chi connectivity index (χ0) is 17.7. The zero-order valence-corrected chi connectivity index (χ0v) is 18.4. The van der Waals surface area contributed by atoms with Crippen LogP contribution in [-0.2, 0) is 11.2 Å². The molecule has 8 nitrogen and oxygen atoms in total. The zero-order valence-electron chi connectivity index (χ0n) is 15.3. The monoisotopic (exact) mass is 481 g/mol. The Morgan fingerprint density at radius 1 is 1.36 bits per heavy atom. The Morgan fingerprint density at radius 3 is 2.48 bits per heavy atom. The van der Waals surface area contributed by atoms with Crippen LogP contribution in [0.2, 0.25) is 0 Å². The number of hydrogen-bond acceptors (Lipinski definition) is 6. The van der Waals surface area contributed by atoms with Crippen LogP contribution in [0.15, 0.2) is 4.99 Å². The number of carbonyl (C=O) groups excluding carboxylic acids is 1. The Balaban J connectivity index is 0.00000312. The number of nitrogens with two attached hydrogens (primary N) is 1. The second kappa shape index (κ2) is 9.51. The summed E-state index contributed by atoms with van der Waals surface area (Å²) in [6, 6.07) is 0. The number of hydrogen-bond donors (Lipinski definition) is 2. The first-order chi connectivity index (χ1) is 11.4. The highest BCUT2D eigenvalue weighted by molar-refractivity contribution is 14.0. The average molecular weight is 481 g/mol. The predicted octanol–water partition coefficient (Wildman–Crippen LogP) is 0.927. The SMILES string of the molecule is CCc1nsc(N2CCN(C(=NC)NCC(C)(C)C(N)=O)CC2)n1.I. The van der Waals surface area contributed by atoms with Gasteiger partial charge in [0.1, 0.15) is 5.82 Å². The first kappa shape index (κ1) is 21.9. The molecule has 2 rings (SSSR count). The number of guanidine groups is 1. The number of aromatic nitrogens is 2. The van der Waals surface area contributed by atoms with E-state index in [9.17, 15) is 4.79 Å². The number of nitrogens with zero attached hydrogens (tertiary/aromatic N) is 5. The van der Waals surface area contributed by atoms with E-state index in [0.717, 1.165) is 49.5 Å². The van der Waals surface area contributed by atoms with Crippen molar-refractivity contribution in [2.24, 2.45) is 16.1 Å². The Labute approximate surface area is 170 Å². The summed E-state index contributed by atoms with van der Waals surface area (Å²) >= 11 is 1.46. The molecule has 0 saturated carbocycles. The van der Waals surface area contributed by atoms with Crippen molar-refractivity contribution in [2.75, 3.05) is 44.7 Å². The molecule has 0 radical (unpaired) electrons. The first-order valence-corrected chi connectivity index (χ1v) is 8.97. The van der Waals surface area contributed by atoms with Gasteiger partial charge in [0.2, 0.25) is 11.0 Å². The molecule has 1 fully saturated rings. The van der Waals surface area contributed by atoms with E-state index < -0.39 is 5.41 Å². The van der Waals surface area contributed by atoms with Crippen molar-refractivity contribution in [1.82, 2.24) is 19.6 Å². The molecule has 142 valence electrons. The number of rotatable bonds is 5. The van der Waals surface area contributed by atoms with E-state index in [1.165, 1.54) is 11.5 Å². The Kier molecular flexibility index (Phi) is 8.32. The lowest BCUT2D eigenvalue weighted by Gasteiger charge is -2.36. The van der Waals surface area contributed by atoms with Crippen molar-refractivity contribution in [3.63, 3.8) is 0 Å². The molecule has 0 aromatic carbocycles. The maximum Gasteiger partial charge on any atom is 0.224 e. The van der Waals surface area contributed by atoms with Gasteiger partial charge in [-0.25, -0.2) is 4.98 Å². The third-order valence-corrected chi connectivity index (χ3v) is 5.01. The van der Waals surface area contributed by atoms with Crippen molar-refractivity contribution in [3.05, 3.63) is 5.82 Å². The van der Waals surface area contributed by atoms with Gasteiger partial charge >= 0.3 is 0 Å². The van der Waals surface area contributed by atoms with Crippen LogP contribution in [-0.4, -0.2) is 65.9 Å². The highest BCUT2D eigenvalue weighted by atomic mass is 127. The lowest BCUT2D eigenvalue weighted by atomic mass is 9.93. The number of anilines is 1. The Bertz CT molecular complexity index is 596. The summed E-state index contributed by atoms with van der Waals surface area (Å²) < 4.78 is 4.35. The minimum absolute atomic E-state index is 0. The average Bonchev–Trinajstić information content (AvgIpc) is 3.05. The molecule has 2 heterocycles. The highest BCUT2D eigenvalue weighted by Crippen LogP contribution is 2.19. The highest BCUT2D eigenvalue weighted by Gasteiger charge is 2.27. The number of nitrogens with one attached hydrogen (secondary N) is 1. The Morgan fingerprint density at radius 2 is 2.00 bits per heavy atom. The Hall–Kier alpha value is -1.17. The van der Waals surface area contributed by atoms with Crippen LogP contribution in [0.5, 0.6) is 0 Å². The molecule has 0 unspecified atom stereocenters. The lowest BCUT2D eigenvalue weighted by molar-refractivity contribution is -0.125. The summed E-state index contributed by atoms with van der Waals surface area (Å²) in [5.41, 5.74) is 4.81. The van der Waals surface area contributed by atoms with Gasteiger partial charge in [-0.3, -0.25) is 9.79 Å². The number of aryl methyl sites for hydroxylation is 1. The predicted molar refractivity (Wildman–Crippen MR) is 113 cm³/mol. The van der Waals surface area contributed by atoms with Gasteiger partial charge < -0.3 is 20.9 Å². The molecule has 0 spiro atoms. The summed E-state index contributed by atoms with van der Waals surface area (Å²) in [4.78, 5) is 24.8. The van der Waals surface area contributed by atoms with Gasteiger partial charge in [-0.2, -0.15) is 4.37 Å². The van der Waals surface area contributed by atoms with E-state index in [4.69, 9.17) is 5.73 Å². The fourth-order valence-corrected chi connectivity index (χ4v) is 3.15. The van der Waals surface area contributed by atoms with E-state index in [2.05, 4.69) is 36.4 Å². The van der Waals surface area contributed by atoms with Gasteiger partial charge in [-0.05, 0) is 13.8 Å². The van der Waals surface area contributed by atoms with Crippen LogP contribution >= 0.6 is 35.5 Å². The third-order valence-electron chi connectivity index (χ3n) is 4.19. The summed E-state index contributed by atoms with van der Waals surface area (Å²) in [6.45, 7) is 9.62. The largest absolute Gasteiger partial charge is 0.369 e. The van der Waals surface area contributed by atoms with Crippen LogP contribution in [0, 0.1) is 5.41 Å². The third kappa shape index (κ3) is 5.66. The second-order valence-corrected chi connectivity index (χ2v) is 7.20. The van der Waals surface area contributed by atoms with E-state index in [1.807, 2.05) is 13.8 Å². The number of carbonyl (C=O) groups is 1. The summed E-state index contributed by atoms with van der Waals surface area (Å²) in [5.74, 6) is 1.39. The maximum atomic E-state index is 11.4. The first-order valence-electron chi connectivity index (χ1n) is 8.20. The molecule has 1 amide bonds. The topological polar surface area (TPSA) is 99.7 Å². The molecule has 0 bridgehead atoms. The maximum absolute atomic E-state index is 11.4. The molecule has 1 aromatic rings. The molecule has 1 aliphatic heterocycles.